The number of hydrogen-bond acceptors (Lipinski definition) is 22. The van der Waals surface area contributed by atoms with Crippen molar-refractivity contribution in [1.82, 2.24) is 15.0 Å². The summed E-state index contributed by atoms with van der Waals surface area (Å²) < 4.78 is 90.8. The number of aromatic hydroxyl groups is 1. The number of methoxy groups -OCH3 is 1. The molecule has 3 aromatic carbocycles. The van der Waals surface area contributed by atoms with Gasteiger partial charge >= 0.3 is 6.08 Å². The summed E-state index contributed by atoms with van der Waals surface area (Å²) in [5.74, 6) is -1.55. The average Bonchev–Trinajstić information content (AvgIpc) is 3.08. The van der Waals surface area contributed by atoms with Crippen LogP contribution in [-0.2, 0) is 42.9 Å². The van der Waals surface area contributed by atoms with E-state index in [0.29, 0.717) is 17.4 Å². The summed E-state index contributed by atoms with van der Waals surface area (Å²) in [4.78, 5) is 12.1. The number of phenolic OH excluding ortho intramolecular Hbond substituents is 1. The van der Waals surface area contributed by atoms with E-state index in [-0.39, 0.29) is 82.0 Å². The summed E-state index contributed by atoms with van der Waals surface area (Å²) in [6.45, 7) is -0.396. The van der Waals surface area contributed by atoms with Gasteiger partial charge in [-0.05, 0) is 41.8 Å². The highest BCUT2D eigenvalue weighted by Crippen LogP contribution is 2.45. The molecule has 0 aliphatic carbocycles. The van der Waals surface area contributed by atoms with Gasteiger partial charge in [0.25, 0.3) is 10.1 Å². The van der Waals surface area contributed by atoms with Gasteiger partial charge in [-0.15, -0.1) is 18.9 Å². The number of azo groups is 1. The van der Waals surface area contributed by atoms with Gasteiger partial charge in [-0.2, -0.15) is 27.8 Å². The van der Waals surface area contributed by atoms with Crippen LogP contribution in [0.4, 0.5) is 33.3 Å². The zero-order valence-corrected chi connectivity index (χ0v) is 29.2. The maximum atomic E-state index is 14.4. The van der Waals surface area contributed by atoms with Crippen LogP contribution in [-0.4, -0.2) is 90.8 Å². The number of hydrogen-bond donors (Lipinski definition) is 5. The zero-order chi connectivity index (χ0) is 37.2. The molecule has 26 heteroatoms. The molecular formula is C25H26FN7O14S4. The van der Waals surface area contributed by atoms with E-state index in [1.165, 1.54) is 55.5 Å². The molecule has 0 atom stereocenters. The predicted octanol–water partition coefficient (Wildman–Crippen LogP) is 4.56. The Morgan fingerprint density at radius 3 is 2.45 bits per heavy atom. The van der Waals surface area contributed by atoms with Gasteiger partial charge in [0.05, 0.1) is 42.2 Å². The van der Waals surface area contributed by atoms with Gasteiger partial charge in [-0.25, -0.2) is 18.9 Å². The Hall–Kier alpha value is -4.06. The summed E-state index contributed by atoms with van der Waals surface area (Å²) in [6.07, 6.45) is -1.17. The average molecular weight is 796 g/mol. The fourth-order valence-electron chi connectivity index (χ4n) is 4.06. The topological polar surface area (TPSA) is 283 Å². The Morgan fingerprint density at radius 2 is 1.75 bits per heavy atom. The van der Waals surface area contributed by atoms with Crippen molar-refractivity contribution in [3.63, 3.8) is 0 Å². The number of anilines is 3. The van der Waals surface area contributed by atoms with E-state index in [2.05, 4.69) is 49.2 Å². The molecule has 4 rings (SSSR count). The molecule has 1 aromatic heterocycles. The minimum atomic E-state index is -4.76. The third kappa shape index (κ3) is 11.2. The number of fused-ring (bicyclic) bond motifs is 1. The maximum Gasteiger partial charge on any atom is 0.315 e. The van der Waals surface area contributed by atoms with E-state index in [4.69, 9.17) is 19.4 Å². The molecule has 5 N–H and O–H groups in total. The van der Waals surface area contributed by atoms with Crippen molar-refractivity contribution in [3.8, 4) is 11.5 Å². The zero-order valence-electron chi connectivity index (χ0n) is 25.9. The number of rotatable bonds is 19. The van der Waals surface area contributed by atoms with E-state index in [1.54, 1.807) is 0 Å². The Bertz CT molecular complexity index is 2100. The molecule has 1 heterocycles. The number of benzene rings is 3. The SMILES string of the molecule is COc1ccc(N=Nc2c(SOOO)cc3cc(Nc4nc(F)nc(N(C)CCS(=O)(=O)CCOSOOO)n4)ccc3c2O)c(S(=O)(=O)O)c1. The van der Waals surface area contributed by atoms with Crippen LogP contribution in [0.5, 0.6) is 11.5 Å². The second-order valence-corrected chi connectivity index (χ2v) is 14.6. The van der Waals surface area contributed by atoms with Gasteiger partial charge in [-0.1, -0.05) is 10.1 Å². The number of nitrogens with one attached hydrogen (secondary N) is 1. The van der Waals surface area contributed by atoms with E-state index < -0.39 is 36.7 Å². The van der Waals surface area contributed by atoms with Gasteiger partial charge in [0.15, 0.2) is 27.9 Å². The van der Waals surface area contributed by atoms with Gasteiger partial charge in [0, 0.05) is 30.7 Å². The molecule has 0 fully saturated rings. The molecule has 0 amide bonds. The Labute approximate surface area is 296 Å². The molecule has 0 aliphatic heterocycles. The standard InChI is InChI=1S/C25H26FN7O14S4/c1-33(7-9-50(37,38)10-8-43-49-47-45-36)25-29-23(26)28-24(30-25)27-15-3-5-17-14(11-15)12-19(48-46-44-35)21(22(17)34)32-31-18-6-4-16(42-2)13-20(18)51(39,40)41/h3-6,11-13,34-36H,7-10H2,1-2H3,(H,39,40,41)(H,27,28,29,30). The lowest BCUT2D eigenvalue weighted by Gasteiger charge is -2.17. The normalized spacial score (nSPS) is 12.1. The summed E-state index contributed by atoms with van der Waals surface area (Å²) in [7, 11) is -5.66. The molecule has 21 nitrogen and oxygen atoms in total. The fraction of sp³-hybridized carbons (Fsp3) is 0.240. The highest BCUT2D eigenvalue weighted by Gasteiger charge is 2.20. The lowest BCUT2D eigenvalue weighted by Crippen LogP contribution is -2.29. The third-order valence-corrected chi connectivity index (χ3v) is 9.90. The molecule has 51 heavy (non-hydrogen) atoms. The number of sulfone groups is 1. The first-order valence-electron chi connectivity index (χ1n) is 13.6. The smallest absolute Gasteiger partial charge is 0.315 e. The quantitative estimate of drug-likeness (QED) is 0.0217. The fourth-order valence-corrected chi connectivity index (χ4v) is 6.60. The van der Waals surface area contributed by atoms with E-state index in [1.807, 2.05) is 0 Å². The molecule has 0 saturated heterocycles. The Kier molecular flexibility index (Phi) is 14.0. The first kappa shape index (κ1) is 39.7. The molecule has 0 aliphatic rings. The van der Waals surface area contributed by atoms with Crippen molar-refractivity contribution < 1.29 is 69.1 Å². The predicted molar refractivity (Wildman–Crippen MR) is 177 cm³/mol. The number of ether oxygens (including phenoxy) is 1. The largest absolute Gasteiger partial charge is 0.505 e. The van der Waals surface area contributed by atoms with Crippen molar-refractivity contribution in [2.45, 2.75) is 9.79 Å². The van der Waals surface area contributed by atoms with Gasteiger partial charge in [-0.3, -0.25) is 8.74 Å². The molecule has 0 radical (unpaired) electrons. The summed E-state index contributed by atoms with van der Waals surface area (Å²) in [5.41, 5.74) is -0.250. The second-order valence-electron chi connectivity index (χ2n) is 9.70. The van der Waals surface area contributed by atoms with Crippen molar-refractivity contribution in [2.24, 2.45) is 10.2 Å². The first-order valence-corrected chi connectivity index (χ1v) is 18.3. The van der Waals surface area contributed by atoms with E-state index >= 15 is 0 Å². The minimum Gasteiger partial charge on any atom is -0.505 e. The number of phenols is 1. The van der Waals surface area contributed by atoms with Crippen LogP contribution in [0.3, 0.4) is 0 Å². The summed E-state index contributed by atoms with van der Waals surface area (Å²) in [6, 6.07) is 9.45. The lowest BCUT2D eigenvalue weighted by atomic mass is 10.1. The lowest BCUT2D eigenvalue weighted by molar-refractivity contribution is -0.434. The van der Waals surface area contributed by atoms with Crippen LogP contribution in [0, 0.1) is 6.08 Å². The molecule has 0 bridgehead atoms. The van der Waals surface area contributed by atoms with Crippen molar-refractivity contribution in [3.05, 3.63) is 48.5 Å². The molecule has 4 aromatic rings. The molecule has 0 spiro atoms. The van der Waals surface area contributed by atoms with Crippen LogP contribution >= 0.6 is 24.4 Å². The Balaban J connectivity index is 1.58. The van der Waals surface area contributed by atoms with Gasteiger partial charge < -0.3 is 20.1 Å². The highest BCUT2D eigenvalue weighted by molar-refractivity contribution is 7.94. The molecule has 276 valence electrons. The molecular weight excluding hydrogens is 770 g/mol. The summed E-state index contributed by atoms with van der Waals surface area (Å²) >= 11 is 0.641. The van der Waals surface area contributed by atoms with Crippen molar-refractivity contribution in [1.29, 1.82) is 0 Å². The number of halogens is 1. The monoisotopic (exact) mass is 795 g/mol. The maximum absolute atomic E-state index is 14.4. The van der Waals surface area contributed by atoms with Crippen molar-refractivity contribution in [2.75, 3.05) is 49.0 Å². The number of nitrogens with zero attached hydrogens (tertiary/aromatic N) is 6. The minimum absolute atomic E-state index is 0.0137. The molecule has 0 saturated carbocycles. The van der Waals surface area contributed by atoms with Crippen LogP contribution in [0.25, 0.3) is 10.8 Å². The van der Waals surface area contributed by atoms with Gasteiger partial charge in [0.2, 0.25) is 11.9 Å². The van der Waals surface area contributed by atoms with Crippen LogP contribution in [0.15, 0.2) is 62.5 Å². The van der Waals surface area contributed by atoms with Crippen LogP contribution in [0.2, 0.25) is 0 Å². The number of aromatic nitrogens is 3. The molecule has 0 unspecified atom stereocenters. The third-order valence-electron chi connectivity index (χ3n) is 6.42. The Morgan fingerprint density at radius 1 is 0.980 bits per heavy atom. The van der Waals surface area contributed by atoms with Crippen molar-refractivity contribution >= 4 is 84.1 Å². The second kappa shape index (κ2) is 17.9. The summed E-state index contributed by atoms with van der Waals surface area (Å²) in [5, 5.41) is 46.0. The van der Waals surface area contributed by atoms with Crippen LogP contribution in [0.1, 0.15) is 0 Å². The van der Waals surface area contributed by atoms with E-state index in [0.717, 1.165) is 6.07 Å². The first-order chi connectivity index (χ1) is 24.2. The van der Waals surface area contributed by atoms with E-state index in [9.17, 15) is 30.9 Å². The van der Waals surface area contributed by atoms with Gasteiger partial charge in [0.1, 0.15) is 22.0 Å². The highest BCUT2D eigenvalue weighted by atomic mass is 32.2. The van der Waals surface area contributed by atoms with Crippen LogP contribution < -0.4 is 15.0 Å².